The van der Waals surface area contributed by atoms with Crippen LogP contribution in [0, 0.1) is 0 Å². The molecule has 5 nitrogen and oxygen atoms in total. The number of rotatable bonds is 5. The van der Waals surface area contributed by atoms with Crippen molar-refractivity contribution in [3.63, 3.8) is 0 Å². The number of amides is 1. The molecular formula is C21H23ClN2O3. The van der Waals surface area contributed by atoms with E-state index < -0.39 is 5.97 Å². The Morgan fingerprint density at radius 2 is 1.78 bits per heavy atom. The predicted molar refractivity (Wildman–Crippen MR) is 108 cm³/mol. The van der Waals surface area contributed by atoms with Crippen molar-refractivity contribution in [1.29, 1.82) is 0 Å². The molecule has 1 N–H and O–H groups in total. The van der Waals surface area contributed by atoms with Crippen LogP contribution in [0.15, 0.2) is 42.5 Å². The van der Waals surface area contributed by atoms with Crippen LogP contribution in [0.4, 0.5) is 11.4 Å². The number of nitrogens with one attached hydrogen (secondary N) is 1. The fraction of sp³-hybridized carbons (Fsp3) is 0.333. The minimum Gasteiger partial charge on any atom is -0.462 e. The molecule has 142 valence electrons. The first-order chi connectivity index (χ1) is 13.1. The second-order valence-electron chi connectivity index (χ2n) is 6.46. The summed E-state index contributed by atoms with van der Waals surface area (Å²) in [6.45, 7) is 4.11. The van der Waals surface area contributed by atoms with E-state index in [2.05, 4.69) is 10.2 Å². The molecule has 1 saturated heterocycles. The Kier molecular flexibility index (Phi) is 6.35. The zero-order valence-corrected chi connectivity index (χ0v) is 16.1. The Hall–Kier alpha value is -2.53. The SMILES string of the molecule is CCOC(=O)c1cc(NC(=O)c2ccc(N3CCCCC3)cc2)ccc1Cl. The number of carbonyl (C=O) groups is 2. The number of anilines is 2. The summed E-state index contributed by atoms with van der Waals surface area (Å²) in [6.07, 6.45) is 3.70. The van der Waals surface area contributed by atoms with Gasteiger partial charge in [-0.15, -0.1) is 0 Å². The highest BCUT2D eigenvalue weighted by molar-refractivity contribution is 6.33. The molecule has 0 saturated carbocycles. The largest absolute Gasteiger partial charge is 0.462 e. The third kappa shape index (κ3) is 4.80. The highest BCUT2D eigenvalue weighted by atomic mass is 35.5. The fourth-order valence-corrected chi connectivity index (χ4v) is 3.34. The molecule has 0 bridgehead atoms. The number of benzene rings is 2. The summed E-state index contributed by atoms with van der Waals surface area (Å²) in [7, 11) is 0. The molecule has 2 aromatic carbocycles. The maximum Gasteiger partial charge on any atom is 0.339 e. The van der Waals surface area contributed by atoms with E-state index in [0.717, 1.165) is 18.8 Å². The number of hydrogen-bond acceptors (Lipinski definition) is 4. The van der Waals surface area contributed by atoms with Crippen LogP contribution >= 0.6 is 11.6 Å². The Balaban J connectivity index is 1.69. The summed E-state index contributed by atoms with van der Waals surface area (Å²) in [5, 5.41) is 3.09. The van der Waals surface area contributed by atoms with Gasteiger partial charge in [-0.25, -0.2) is 4.79 Å². The topological polar surface area (TPSA) is 58.6 Å². The number of halogens is 1. The highest BCUT2D eigenvalue weighted by Gasteiger charge is 2.15. The molecule has 1 amide bonds. The molecule has 1 aliphatic heterocycles. The summed E-state index contributed by atoms with van der Waals surface area (Å²) in [5.41, 5.74) is 2.43. The van der Waals surface area contributed by atoms with Crippen molar-refractivity contribution < 1.29 is 14.3 Å². The highest BCUT2D eigenvalue weighted by Crippen LogP contribution is 2.23. The van der Waals surface area contributed by atoms with E-state index in [0.29, 0.717) is 11.3 Å². The number of hydrogen-bond donors (Lipinski definition) is 1. The second kappa shape index (κ2) is 8.91. The minimum absolute atomic E-state index is 0.233. The lowest BCUT2D eigenvalue weighted by Gasteiger charge is -2.28. The quantitative estimate of drug-likeness (QED) is 0.752. The van der Waals surface area contributed by atoms with Gasteiger partial charge in [0.25, 0.3) is 5.91 Å². The van der Waals surface area contributed by atoms with Crippen LogP contribution in [0.25, 0.3) is 0 Å². The van der Waals surface area contributed by atoms with Crippen LogP contribution in [0.3, 0.4) is 0 Å². The molecular weight excluding hydrogens is 364 g/mol. The number of esters is 1. The third-order valence-electron chi connectivity index (χ3n) is 4.57. The van der Waals surface area contributed by atoms with Gasteiger partial charge in [0.1, 0.15) is 0 Å². The van der Waals surface area contributed by atoms with E-state index in [1.54, 1.807) is 19.1 Å². The Labute approximate surface area is 164 Å². The van der Waals surface area contributed by atoms with Gasteiger partial charge in [0, 0.05) is 30.0 Å². The van der Waals surface area contributed by atoms with Crippen molar-refractivity contribution in [2.45, 2.75) is 26.2 Å². The molecule has 0 aromatic heterocycles. The molecule has 2 aromatic rings. The van der Waals surface area contributed by atoms with E-state index >= 15 is 0 Å². The van der Waals surface area contributed by atoms with Crippen molar-refractivity contribution >= 4 is 34.9 Å². The summed E-state index contributed by atoms with van der Waals surface area (Å²) in [5.74, 6) is -0.748. The number of piperidine rings is 1. The molecule has 6 heteroatoms. The third-order valence-corrected chi connectivity index (χ3v) is 4.90. The molecule has 3 rings (SSSR count). The van der Waals surface area contributed by atoms with Gasteiger partial charge in [0.05, 0.1) is 17.2 Å². The summed E-state index contributed by atoms with van der Waals surface area (Å²) >= 11 is 6.05. The number of carbonyl (C=O) groups excluding carboxylic acids is 2. The lowest BCUT2D eigenvalue weighted by molar-refractivity contribution is 0.0526. The van der Waals surface area contributed by atoms with E-state index in [1.165, 1.54) is 25.3 Å². The average Bonchev–Trinajstić information content (AvgIpc) is 2.70. The molecule has 1 aliphatic rings. The van der Waals surface area contributed by atoms with E-state index in [4.69, 9.17) is 16.3 Å². The maximum absolute atomic E-state index is 12.5. The molecule has 1 fully saturated rings. The second-order valence-corrected chi connectivity index (χ2v) is 6.87. The smallest absolute Gasteiger partial charge is 0.339 e. The van der Waals surface area contributed by atoms with Gasteiger partial charge in [0.15, 0.2) is 0 Å². The lowest BCUT2D eigenvalue weighted by atomic mass is 10.1. The van der Waals surface area contributed by atoms with Gasteiger partial charge in [-0.2, -0.15) is 0 Å². The Morgan fingerprint density at radius 3 is 2.44 bits per heavy atom. The van der Waals surface area contributed by atoms with Crippen LogP contribution < -0.4 is 10.2 Å². The van der Waals surface area contributed by atoms with Gasteiger partial charge in [0.2, 0.25) is 0 Å². The predicted octanol–water partition coefficient (Wildman–Crippen LogP) is 4.76. The van der Waals surface area contributed by atoms with Crippen LogP contribution in [0.5, 0.6) is 0 Å². The maximum atomic E-state index is 12.5. The van der Waals surface area contributed by atoms with E-state index in [-0.39, 0.29) is 23.1 Å². The lowest BCUT2D eigenvalue weighted by Crippen LogP contribution is -2.29. The van der Waals surface area contributed by atoms with Crippen molar-refractivity contribution in [1.82, 2.24) is 0 Å². The van der Waals surface area contributed by atoms with Gasteiger partial charge < -0.3 is 15.0 Å². The van der Waals surface area contributed by atoms with Crippen LogP contribution in [0.2, 0.25) is 5.02 Å². The Morgan fingerprint density at radius 1 is 1.07 bits per heavy atom. The van der Waals surface area contributed by atoms with Crippen LogP contribution in [0.1, 0.15) is 46.9 Å². The van der Waals surface area contributed by atoms with Crippen molar-refractivity contribution in [2.75, 3.05) is 29.9 Å². The zero-order chi connectivity index (χ0) is 19.2. The van der Waals surface area contributed by atoms with E-state index in [1.807, 2.05) is 24.3 Å². The molecule has 0 radical (unpaired) electrons. The normalized spacial score (nSPS) is 13.9. The number of nitrogens with zero attached hydrogens (tertiary/aromatic N) is 1. The van der Waals surface area contributed by atoms with Crippen LogP contribution in [-0.2, 0) is 4.74 Å². The molecule has 27 heavy (non-hydrogen) atoms. The van der Waals surface area contributed by atoms with Crippen molar-refractivity contribution in [3.05, 3.63) is 58.6 Å². The Bertz CT molecular complexity index is 815. The van der Waals surface area contributed by atoms with Gasteiger partial charge in [-0.3, -0.25) is 4.79 Å². The van der Waals surface area contributed by atoms with E-state index in [9.17, 15) is 9.59 Å². The first-order valence-electron chi connectivity index (χ1n) is 9.21. The average molecular weight is 387 g/mol. The molecule has 0 aliphatic carbocycles. The summed E-state index contributed by atoms with van der Waals surface area (Å²) < 4.78 is 4.98. The molecule has 0 unspecified atom stereocenters. The summed E-state index contributed by atoms with van der Waals surface area (Å²) in [4.78, 5) is 26.8. The summed E-state index contributed by atoms with van der Waals surface area (Å²) in [6, 6.07) is 12.4. The van der Waals surface area contributed by atoms with Crippen LogP contribution in [-0.4, -0.2) is 31.6 Å². The standard InChI is InChI=1S/C21H23ClN2O3/c1-2-27-21(26)18-14-16(8-11-19(18)22)23-20(25)15-6-9-17(10-7-15)24-12-4-3-5-13-24/h6-11,14H,2-5,12-13H2,1H3,(H,23,25). The monoisotopic (exact) mass is 386 g/mol. The first-order valence-corrected chi connectivity index (χ1v) is 9.59. The van der Waals surface area contributed by atoms with Crippen molar-refractivity contribution in [3.8, 4) is 0 Å². The molecule has 0 atom stereocenters. The van der Waals surface area contributed by atoms with Gasteiger partial charge in [-0.1, -0.05) is 11.6 Å². The number of ether oxygens (including phenoxy) is 1. The zero-order valence-electron chi connectivity index (χ0n) is 15.3. The first kappa shape index (κ1) is 19.2. The van der Waals surface area contributed by atoms with Gasteiger partial charge in [-0.05, 0) is 68.7 Å². The minimum atomic E-state index is -0.510. The molecule has 0 spiro atoms. The molecule has 1 heterocycles. The van der Waals surface area contributed by atoms with Crippen molar-refractivity contribution in [2.24, 2.45) is 0 Å². The fourth-order valence-electron chi connectivity index (χ4n) is 3.15. The van der Waals surface area contributed by atoms with Gasteiger partial charge >= 0.3 is 5.97 Å².